The molecule has 4 aromatic rings. The van der Waals surface area contributed by atoms with Crippen LogP contribution < -0.4 is 10.2 Å². The van der Waals surface area contributed by atoms with Gasteiger partial charge in [0.1, 0.15) is 11.6 Å². The molecule has 1 aliphatic rings. The fourth-order valence-electron chi connectivity index (χ4n) is 4.55. The minimum Gasteiger partial charge on any atom is -0.315 e. The van der Waals surface area contributed by atoms with Crippen LogP contribution in [0.5, 0.6) is 0 Å². The van der Waals surface area contributed by atoms with Gasteiger partial charge in [-0.05, 0) is 74.5 Å². The highest BCUT2D eigenvalue weighted by Crippen LogP contribution is 2.33. The second-order valence-electron chi connectivity index (χ2n) is 8.60. The Hall–Kier alpha value is -3.36. The number of benzene rings is 2. The number of aromatic nitrogens is 4. The van der Waals surface area contributed by atoms with E-state index in [4.69, 9.17) is 11.6 Å². The number of nitrogens with zero attached hydrogens (tertiary/aromatic N) is 5. The molecule has 5 rings (SSSR count). The van der Waals surface area contributed by atoms with E-state index in [2.05, 4.69) is 20.6 Å². The van der Waals surface area contributed by atoms with Crippen LogP contribution in [0.25, 0.3) is 16.5 Å². The molecule has 0 aliphatic carbocycles. The fraction of sp³-hybridized carbons (Fsp3) is 0.280. The summed E-state index contributed by atoms with van der Waals surface area (Å²) in [6.07, 6.45) is 5.07. The molecule has 34 heavy (non-hydrogen) atoms. The number of piperidine rings is 1. The molecule has 1 amide bonds. The predicted octanol–water partition coefficient (Wildman–Crippen LogP) is 4.62. The minimum absolute atomic E-state index is 0.0171. The van der Waals surface area contributed by atoms with E-state index in [1.807, 2.05) is 25.1 Å². The number of nitrogens with one attached hydrogen (secondary N) is 1. The van der Waals surface area contributed by atoms with Gasteiger partial charge in [0.2, 0.25) is 0 Å². The van der Waals surface area contributed by atoms with Crippen molar-refractivity contribution in [3.8, 4) is 5.69 Å². The molecule has 3 heterocycles. The van der Waals surface area contributed by atoms with Gasteiger partial charge in [0.15, 0.2) is 0 Å². The Morgan fingerprint density at radius 1 is 1.24 bits per heavy atom. The van der Waals surface area contributed by atoms with E-state index in [1.165, 1.54) is 16.8 Å². The Balaban J connectivity index is 1.61. The maximum atomic E-state index is 15.3. The third kappa shape index (κ3) is 4.15. The summed E-state index contributed by atoms with van der Waals surface area (Å²) < 4.78 is 16.8. The van der Waals surface area contributed by atoms with Gasteiger partial charge in [-0.25, -0.2) is 14.1 Å². The average Bonchev–Trinajstić information content (AvgIpc) is 3.26. The summed E-state index contributed by atoms with van der Waals surface area (Å²) >= 11 is 6.28. The van der Waals surface area contributed by atoms with Crippen molar-refractivity contribution in [3.05, 3.63) is 76.5 Å². The van der Waals surface area contributed by atoms with E-state index >= 15 is 4.39 Å². The first kappa shape index (κ1) is 22.4. The smallest absolute Gasteiger partial charge is 0.262 e. The molecule has 1 aliphatic heterocycles. The monoisotopic (exact) mass is 478 g/mol. The van der Waals surface area contributed by atoms with Crippen molar-refractivity contribution < 1.29 is 9.18 Å². The van der Waals surface area contributed by atoms with Crippen molar-refractivity contribution in [1.29, 1.82) is 0 Å². The number of hydrogen-bond donors (Lipinski definition) is 1. The molecule has 9 heteroatoms. The van der Waals surface area contributed by atoms with Crippen LogP contribution >= 0.6 is 11.6 Å². The number of hydrogen-bond acceptors (Lipinski definition) is 5. The van der Waals surface area contributed by atoms with Crippen molar-refractivity contribution in [1.82, 2.24) is 25.3 Å². The van der Waals surface area contributed by atoms with Gasteiger partial charge in [-0.3, -0.25) is 9.69 Å². The minimum atomic E-state index is -0.621. The van der Waals surface area contributed by atoms with Crippen LogP contribution in [0.1, 0.15) is 34.5 Å². The number of carbonyl (C=O) groups excluding carboxylic acids is 1. The van der Waals surface area contributed by atoms with Crippen LogP contribution in [-0.2, 0) is 0 Å². The Morgan fingerprint density at radius 3 is 2.79 bits per heavy atom. The van der Waals surface area contributed by atoms with E-state index in [0.29, 0.717) is 28.8 Å². The zero-order valence-corrected chi connectivity index (χ0v) is 19.7. The Bertz CT molecular complexity index is 1380. The van der Waals surface area contributed by atoms with Crippen molar-refractivity contribution >= 4 is 34.1 Å². The summed E-state index contributed by atoms with van der Waals surface area (Å²) in [5.41, 5.74) is 2.10. The molecule has 0 bridgehead atoms. The molecule has 7 nitrogen and oxygen atoms in total. The molecule has 0 saturated carbocycles. The first-order valence-electron chi connectivity index (χ1n) is 11.2. The quantitative estimate of drug-likeness (QED) is 0.463. The number of fused-ring (bicyclic) bond motifs is 1. The lowest BCUT2D eigenvalue weighted by Crippen LogP contribution is -2.49. The Kier molecular flexibility index (Phi) is 6.02. The number of pyridine rings is 1. The second-order valence-corrected chi connectivity index (χ2v) is 9.04. The summed E-state index contributed by atoms with van der Waals surface area (Å²) in [4.78, 5) is 20.1. The predicted molar refractivity (Wildman–Crippen MR) is 130 cm³/mol. The summed E-state index contributed by atoms with van der Waals surface area (Å²) in [5.74, 6) is -0.535. The number of halogens is 2. The highest BCUT2D eigenvalue weighted by molar-refractivity contribution is 6.31. The zero-order chi connectivity index (χ0) is 23.8. The molecular formula is C25H24ClFN6O. The molecule has 2 aromatic heterocycles. The number of rotatable bonds is 4. The molecule has 1 fully saturated rings. The number of anilines is 1. The molecule has 2 aromatic carbocycles. The summed E-state index contributed by atoms with van der Waals surface area (Å²) in [6, 6.07) is 9.89. The van der Waals surface area contributed by atoms with E-state index in [9.17, 15) is 4.79 Å². The molecule has 0 spiro atoms. The third-order valence-electron chi connectivity index (χ3n) is 6.14. The van der Waals surface area contributed by atoms with E-state index < -0.39 is 11.7 Å². The normalized spacial score (nSPS) is 16.1. The van der Waals surface area contributed by atoms with Crippen LogP contribution in [-0.4, -0.2) is 45.0 Å². The summed E-state index contributed by atoms with van der Waals surface area (Å²) in [6.45, 7) is 5.24. The third-order valence-corrected chi connectivity index (χ3v) is 6.36. The van der Waals surface area contributed by atoms with Crippen molar-refractivity contribution in [2.75, 3.05) is 18.0 Å². The Morgan fingerprint density at radius 2 is 2.09 bits per heavy atom. The maximum absolute atomic E-state index is 15.3. The van der Waals surface area contributed by atoms with Gasteiger partial charge in [-0.15, -0.1) is 5.10 Å². The van der Waals surface area contributed by atoms with Crippen molar-refractivity contribution in [2.45, 2.75) is 32.7 Å². The lowest BCUT2D eigenvalue weighted by atomic mass is 10.0. The molecule has 1 atom stereocenters. The summed E-state index contributed by atoms with van der Waals surface area (Å²) in [7, 11) is 0. The van der Waals surface area contributed by atoms with E-state index in [1.54, 1.807) is 30.3 Å². The van der Waals surface area contributed by atoms with Crippen LogP contribution in [0.2, 0.25) is 5.02 Å². The highest BCUT2D eigenvalue weighted by Gasteiger charge is 2.32. The fourth-order valence-corrected chi connectivity index (χ4v) is 4.83. The topological polar surface area (TPSA) is 75.9 Å². The lowest BCUT2D eigenvalue weighted by Gasteiger charge is -2.35. The molecule has 1 N–H and O–H groups in total. The molecule has 174 valence electrons. The van der Waals surface area contributed by atoms with Gasteiger partial charge in [0.25, 0.3) is 5.91 Å². The average molecular weight is 479 g/mol. The van der Waals surface area contributed by atoms with Crippen LogP contribution in [0, 0.1) is 19.7 Å². The number of carbonyl (C=O) groups is 1. The van der Waals surface area contributed by atoms with E-state index in [0.717, 1.165) is 35.7 Å². The van der Waals surface area contributed by atoms with E-state index in [-0.39, 0.29) is 11.6 Å². The Labute approximate surface area is 201 Å². The van der Waals surface area contributed by atoms with Crippen LogP contribution in [0.4, 0.5) is 10.2 Å². The van der Waals surface area contributed by atoms with Gasteiger partial charge in [-0.2, -0.15) is 0 Å². The molecule has 0 radical (unpaired) electrons. The van der Waals surface area contributed by atoms with Gasteiger partial charge in [0, 0.05) is 29.2 Å². The molecule has 0 unspecified atom stereocenters. The van der Waals surface area contributed by atoms with Gasteiger partial charge in [0.05, 0.1) is 29.2 Å². The van der Waals surface area contributed by atoms with Gasteiger partial charge < -0.3 is 5.32 Å². The standard InChI is InChI=1S/C25H24ClFN6O/c1-15-10-18(26)11-17-7-9-29-24(23(15)17)33(20-4-3-8-28-13-20)25(34)21-6-5-19(12-22(21)27)32-14-16(2)30-31-32/h5-7,9-12,14,20,28H,3-4,8,13H2,1-2H3/t20-/m1/s1. The maximum Gasteiger partial charge on any atom is 0.262 e. The highest BCUT2D eigenvalue weighted by atomic mass is 35.5. The SMILES string of the molecule is Cc1cn(-c2ccc(C(=O)N(c3nccc4cc(Cl)cc(C)c34)[C@@H]3CCCNC3)c(F)c2)nn1. The van der Waals surface area contributed by atoms with Crippen LogP contribution in [0.15, 0.2) is 48.8 Å². The van der Waals surface area contributed by atoms with Crippen LogP contribution in [0.3, 0.4) is 0 Å². The summed E-state index contributed by atoms with van der Waals surface area (Å²) in [5, 5.41) is 13.6. The first-order chi connectivity index (χ1) is 16.4. The van der Waals surface area contributed by atoms with Crippen molar-refractivity contribution in [3.63, 3.8) is 0 Å². The largest absolute Gasteiger partial charge is 0.315 e. The lowest BCUT2D eigenvalue weighted by molar-refractivity contribution is 0.0968. The van der Waals surface area contributed by atoms with Gasteiger partial charge >= 0.3 is 0 Å². The van der Waals surface area contributed by atoms with Gasteiger partial charge in [-0.1, -0.05) is 16.8 Å². The second kappa shape index (κ2) is 9.12. The number of amides is 1. The number of aryl methyl sites for hydroxylation is 2. The first-order valence-corrected chi connectivity index (χ1v) is 11.6. The zero-order valence-electron chi connectivity index (χ0n) is 18.9. The molecular weight excluding hydrogens is 455 g/mol. The van der Waals surface area contributed by atoms with Crippen molar-refractivity contribution in [2.24, 2.45) is 0 Å². The molecule has 1 saturated heterocycles.